The summed E-state index contributed by atoms with van der Waals surface area (Å²) in [6, 6.07) is 8.09. The number of ether oxygens (including phenoxy) is 2. The molecule has 2 aromatic carbocycles. The lowest BCUT2D eigenvalue weighted by Gasteiger charge is -2.30. The number of rotatable bonds is 8. The van der Waals surface area contributed by atoms with E-state index in [0.717, 1.165) is 12.1 Å². The number of hydrogen-bond acceptors (Lipinski definition) is 7. The van der Waals surface area contributed by atoms with Crippen molar-refractivity contribution in [3.63, 3.8) is 0 Å². The predicted molar refractivity (Wildman–Crippen MR) is 136 cm³/mol. The maximum Gasteiger partial charge on any atom is 0.248 e. The van der Waals surface area contributed by atoms with Crippen LogP contribution in [0, 0.1) is 24.5 Å². The van der Waals surface area contributed by atoms with Crippen LogP contribution in [0.5, 0.6) is 11.5 Å². The van der Waals surface area contributed by atoms with E-state index in [4.69, 9.17) is 14.0 Å². The van der Waals surface area contributed by atoms with Gasteiger partial charge in [-0.05, 0) is 56.2 Å². The highest BCUT2D eigenvalue weighted by molar-refractivity contribution is 7.89. The molecule has 1 amide bonds. The fourth-order valence-electron chi connectivity index (χ4n) is 4.25. The first kappa shape index (κ1) is 27.3. The smallest absolute Gasteiger partial charge is 0.248 e. The number of anilines is 1. The Bertz CT molecular complexity index is 1460. The number of carbonyl (C=O) groups excluding carboxylic acids is 1. The zero-order chi connectivity index (χ0) is 27.4. The summed E-state index contributed by atoms with van der Waals surface area (Å²) in [7, 11) is -0.999. The predicted octanol–water partition coefficient (Wildman–Crippen LogP) is 4.49. The van der Waals surface area contributed by atoms with Crippen LogP contribution in [0.2, 0.25) is 0 Å². The first-order valence-corrected chi connectivity index (χ1v) is 13.2. The molecule has 0 radical (unpaired) electrons. The van der Waals surface area contributed by atoms with Gasteiger partial charge in [0.05, 0.1) is 14.2 Å². The Morgan fingerprint density at radius 1 is 1.08 bits per heavy atom. The van der Waals surface area contributed by atoms with Gasteiger partial charge in [0.2, 0.25) is 15.9 Å². The third-order valence-electron chi connectivity index (χ3n) is 6.28. The minimum atomic E-state index is -4.02. The molecule has 0 atom stereocenters. The van der Waals surface area contributed by atoms with Gasteiger partial charge in [0, 0.05) is 42.4 Å². The minimum absolute atomic E-state index is 0.0603. The molecule has 9 nitrogen and oxygen atoms in total. The molecular weight excluding hydrogens is 520 g/mol. The maximum atomic E-state index is 14.0. The van der Waals surface area contributed by atoms with E-state index in [1.807, 2.05) is 0 Å². The Kier molecular flexibility index (Phi) is 8.12. The molecule has 0 saturated carbocycles. The van der Waals surface area contributed by atoms with Crippen molar-refractivity contribution in [3.8, 4) is 11.5 Å². The molecule has 0 bridgehead atoms. The van der Waals surface area contributed by atoms with Crippen LogP contribution < -0.4 is 14.8 Å². The summed E-state index contributed by atoms with van der Waals surface area (Å²) in [6.45, 7) is 1.73. The highest BCUT2D eigenvalue weighted by atomic mass is 32.2. The van der Waals surface area contributed by atoms with E-state index < -0.39 is 21.7 Å². The number of amides is 1. The van der Waals surface area contributed by atoms with Gasteiger partial charge >= 0.3 is 0 Å². The zero-order valence-corrected chi connectivity index (χ0v) is 21.8. The number of benzene rings is 2. The number of hydrogen-bond donors (Lipinski definition) is 1. The molecule has 0 aliphatic carbocycles. The Hall–Kier alpha value is -3.77. The van der Waals surface area contributed by atoms with Gasteiger partial charge in [-0.2, -0.15) is 4.31 Å². The standard InChI is InChI=1S/C26H27F2N3O6S/c1-16-25(23(37-30-16)8-5-17-4-6-19(27)14-21(17)28)38(33,34)31-12-10-18(11-13-31)26(32)29-20-7-9-22(35-2)24(15-20)36-3/h4-9,14-15,18H,10-13H2,1-3H3,(H,29,32). The number of methoxy groups -OCH3 is 2. The van der Waals surface area contributed by atoms with E-state index in [9.17, 15) is 22.0 Å². The monoisotopic (exact) mass is 547 g/mol. The van der Waals surface area contributed by atoms with Gasteiger partial charge in [0.25, 0.3) is 0 Å². The van der Waals surface area contributed by atoms with Crippen LogP contribution in [0.1, 0.15) is 29.9 Å². The summed E-state index contributed by atoms with van der Waals surface area (Å²) in [5, 5.41) is 6.62. The van der Waals surface area contributed by atoms with Crippen molar-refractivity contribution in [1.82, 2.24) is 9.46 Å². The number of piperidine rings is 1. The van der Waals surface area contributed by atoms with Crippen molar-refractivity contribution in [2.75, 3.05) is 32.6 Å². The molecule has 1 aliphatic rings. The average Bonchev–Trinajstić information content (AvgIpc) is 3.29. The van der Waals surface area contributed by atoms with Crippen LogP contribution in [0.25, 0.3) is 12.2 Å². The van der Waals surface area contributed by atoms with Crippen LogP contribution in [-0.2, 0) is 14.8 Å². The van der Waals surface area contributed by atoms with Gasteiger partial charge in [-0.25, -0.2) is 17.2 Å². The van der Waals surface area contributed by atoms with E-state index in [0.29, 0.717) is 30.0 Å². The number of nitrogens with zero attached hydrogens (tertiary/aromatic N) is 2. The van der Waals surface area contributed by atoms with Gasteiger partial charge < -0.3 is 19.3 Å². The van der Waals surface area contributed by atoms with Crippen molar-refractivity contribution in [2.45, 2.75) is 24.7 Å². The zero-order valence-electron chi connectivity index (χ0n) is 21.0. The molecule has 1 fully saturated rings. The fourth-order valence-corrected chi connectivity index (χ4v) is 5.97. The molecule has 2 heterocycles. The number of carbonyl (C=O) groups is 1. The molecule has 12 heteroatoms. The second-order valence-corrected chi connectivity index (χ2v) is 10.6. The van der Waals surface area contributed by atoms with Crippen LogP contribution >= 0.6 is 0 Å². The molecule has 1 saturated heterocycles. The first-order chi connectivity index (χ1) is 18.1. The summed E-state index contributed by atoms with van der Waals surface area (Å²) < 4.78 is 71.0. The van der Waals surface area contributed by atoms with Crippen molar-refractivity contribution in [2.24, 2.45) is 5.92 Å². The summed E-state index contributed by atoms with van der Waals surface area (Å²) in [4.78, 5) is 12.7. The van der Waals surface area contributed by atoms with Crippen molar-refractivity contribution < 1.29 is 36.0 Å². The van der Waals surface area contributed by atoms with Crippen molar-refractivity contribution in [1.29, 1.82) is 0 Å². The van der Waals surface area contributed by atoms with E-state index in [-0.39, 0.29) is 46.8 Å². The average molecular weight is 548 g/mol. The molecule has 0 spiro atoms. The van der Waals surface area contributed by atoms with Crippen LogP contribution in [0.4, 0.5) is 14.5 Å². The van der Waals surface area contributed by atoms with Crippen LogP contribution in [0.15, 0.2) is 45.8 Å². The molecule has 1 N–H and O–H groups in total. The topological polar surface area (TPSA) is 111 Å². The molecule has 202 valence electrons. The van der Waals surface area contributed by atoms with Gasteiger partial charge in [-0.1, -0.05) is 5.16 Å². The maximum absolute atomic E-state index is 14.0. The van der Waals surface area contributed by atoms with Gasteiger partial charge in [0.15, 0.2) is 22.2 Å². The normalized spacial score (nSPS) is 15.1. The highest BCUT2D eigenvalue weighted by Crippen LogP contribution is 2.32. The lowest BCUT2D eigenvalue weighted by Crippen LogP contribution is -2.41. The van der Waals surface area contributed by atoms with Crippen LogP contribution in [-0.4, -0.2) is 51.1 Å². The molecule has 1 aromatic heterocycles. The number of nitrogens with one attached hydrogen (secondary N) is 1. The second kappa shape index (κ2) is 11.3. The molecular formula is C26H27F2N3O6S. The summed E-state index contributed by atoms with van der Waals surface area (Å²) in [5.74, 6) is -1.19. The van der Waals surface area contributed by atoms with Gasteiger partial charge in [-0.15, -0.1) is 0 Å². The van der Waals surface area contributed by atoms with E-state index in [2.05, 4.69) is 10.5 Å². The number of sulfonamides is 1. The molecule has 1 aliphatic heterocycles. The van der Waals surface area contributed by atoms with Crippen molar-refractivity contribution >= 4 is 33.8 Å². The van der Waals surface area contributed by atoms with Gasteiger partial charge in [-0.3, -0.25) is 4.79 Å². The largest absolute Gasteiger partial charge is 0.493 e. The van der Waals surface area contributed by atoms with E-state index in [1.165, 1.54) is 43.7 Å². The van der Waals surface area contributed by atoms with Crippen LogP contribution in [0.3, 0.4) is 0 Å². The molecule has 4 rings (SSSR count). The lowest BCUT2D eigenvalue weighted by atomic mass is 9.97. The molecule has 0 unspecified atom stereocenters. The third kappa shape index (κ3) is 5.70. The van der Waals surface area contributed by atoms with Gasteiger partial charge in [0.1, 0.15) is 17.3 Å². The first-order valence-electron chi connectivity index (χ1n) is 11.8. The van der Waals surface area contributed by atoms with E-state index in [1.54, 1.807) is 18.2 Å². The lowest BCUT2D eigenvalue weighted by molar-refractivity contribution is -0.120. The summed E-state index contributed by atoms with van der Waals surface area (Å²) >= 11 is 0. The Morgan fingerprint density at radius 2 is 1.79 bits per heavy atom. The Labute approximate surface area is 219 Å². The fraction of sp³-hybridized carbons (Fsp3) is 0.308. The number of halogens is 2. The van der Waals surface area contributed by atoms with Crippen molar-refractivity contribution in [3.05, 3.63) is 65.1 Å². The third-order valence-corrected chi connectivity index (χ3v) is 8.34. The quantitative estimate of drug-likeness (QED) is 0.442. The SMILES string of the molecule is COc1ccc(NC(=O)C2CCN(S(=O)(=O)c3c(C)noc3C=Cc3ccc(F)cc3F)CC2)cc1OC. The number of aromatic nitrogens is 1. The second-order valence-electron chi connectivity index (χ2n) is 8.70. The highest BCUT2D eigenvalue weighted by Gasteiger charge is 2.36. The van der Waals surface area contributed by atoms with E-state index >= 15 is 0 Å². The number of aryl methyl sites for hydroxylation is 1. The minimum Gasteiger partial charge on any atom is -0.493 e. The summed E-state index contributed by atoms with van der Waals surface area (Å²) in [5.41, 5.74) is 0.750. The Balaban J connectivity index is 1.44. The summed E-state index contributed by atoms with van der Waals surface area (Å²) in [6.07, 6.45) is 3.20. The Morgan fingerprint density at radius 3 is 2.45 bits per heavy atom. The molecule has 38 heavy (non-hydrogen) atoms. The molecule has 3 aromatic rings.